The van der Waals surface area contributed by atoms with Gasteiger partial charge in [-0.2, -0.15) is 5.10 Å². The van der Waals surface area contributed by atoms with Crippen LogP contribution in [0.3, 0.4) is 0 Å². The van der Waals surface area contributed by atoms with Crippen LogP contribution in [0, 0.1) is 6.92 Å². The Bertz CT molecular complexity index is 735. The third-order valence-electron chi connectivity index (χ3n) is 3.19. The Morgan fingerprint density at radius 3 is 2.92 bits per heavy atom. The number of hydrazone groups is 1. The lowest BCUT2D eigenvalue weighted by Crippen LogP contribution is -2.18. The van der Waals surface area contributed by atoms with E-state index in [1.54, 1.807) is 12.3 Å². The summed E-state index contributed by atoms with van der Waals surface area (Å²) in [5, 5.41) is 4.63. The molecule has 2 aromatic carbocycles. The molecular weight excluding hydrogens is 392 g/mol. The molecule has 0 atom stereocenters. The Hall–Kier alpha value is -1.85. The van der Waals surface area contributed by atoms with E-state index in [1.165, 1.54) is 0 Å². The van der Waals surface area contributed by atoms with E-state index < -0.39 is 0 Å². The van der Waals surface area contributed by atoms with Crippen molar-refractivity contribution >= 4 is 39.7 Å². The number of rotatable bonds is 7. The van der Waals surface area contributed by atoms with Gasteiger partial charge < -0.3 is 4.74 Å². The van der Waals surface area contributed by atoms with Crippen molar-refractivity contribution in [1.29, 1.82) is 0 Å². The Balaban J connectivity index is 1.68. The third-order valence-corrected chi connectivity index (χ3v) is 3.92. The summed E-state index contributed by atoms with van der Waals surface area (Å²) < 4.78 is 6.61. The van der Waals surface area contributed by atoms with Crippen LogP contribution in [0.4, 0.5) is 0 Å². The molecule has 0 aliphatic carbocycles. The molecule has 0 spiro atoms. The van der Waals surface area contributed by atoms with Crippen LogP contribution in [0.15, 0.2) is 52.0 Å². The molecule has 0 fully saturated rings. The van der Waals surface area contributed by atoms with Gasteiger partial charge in [-0.05, 0) is 54.8 Å². The van der Waals surface area contributed by atoms with Crippen LogP contribution < -0.4 is 10.2 Å². The van der Waals surface area contributed by atoms with E-state index in [4.69, 9.17) is 16.3 Å². The van der Waals surface area contributed by atoms with E-state index >= 15 is 0 Å². The first-order chi connectivity index (χ1) is 11.5. The highest BCUT2D eigenvalue weighted by Gasteiger charge is 2.02. The molecule has 0 saturated carbocycles. The normalized spacial score (nSPS) is 10.8. The number of hydrogen-bond acceptors (Lipinski definition) is 3. The average Bonchev–Trinajstić information content (AvgIpc) is 2.53. The number of halogens is 2. The van der Waals surface area contributed by atoms with Crippen LogP contribution >= 0.6 is 27.5 Å². The molecule has 0 saturated heterocycles. The highest BCUT2D eigenvalue weighted by Crippen LogP contribution is 2.21. The molecule has 0 bridgehead atoms. The summed E-state index contributed by atoms with van der Waals surface area (Å²) in [5.41, 5.74) is 4.40. The zero-order chi connectivity index (χ0) is 17.4. The molecule has 24 heavy (non-hydrogen) atoms. The van der Waals surface area contributed by atoms with Gasteiger partial charge in [0.25, 0.3) is 0 Å². The van der Waals surface area contributed by atoms with Gasteiger partial charge in [0.1, 0.15) is 5.75 Å². The summed E-state index contributed by atoms with van der Waals surface area (Å²) in [6.07, 6.45) is 2.57. The number of aryl methyl sites for hydroxylation is 1. The van der Waals surface area contributed by atoms with Crippen LogP contribution in [0.25, 0.3) is 0 Å². The number of nitrogens with one attached hydrogen (secondary N) is 1. The Morgan fingerprint density at radius 1 is 1.33 bits per heavy atom. The summed E-state index contributed by atoms with van der Waals surface area (Å²) in [7, 11) is 0. The van der Waals surface area contributed by atoms with Gasteiger partial charge in [-0.1, -0.05) is 39.7 Å². The molecule has 2 rings (SSSR count). The molecule has 0 unspecified atom stereocenters. The van der Waals surface area contributed by atoms with Crippen molar-refractivity contribution in [1.82, 2.24) is 5.43 Å². The molecule has 0 heterocycles. The predicted octanol–water partition coefficient (Wildman–Crippen LogP) is 4.72. The van der Waals surface area contributed by atoms with Crippen molar-refractivity contribution < 1.29 is 9.53 Å². The van der Waals surface area contributed by atoms with Crippen LogP contribution in [0.1, 0.15) is 24.0 Å². The van der Waals surface area contributed by atoms with Gasteiger partial charge in [0.05, 0.1) is 12.8 Å². The van der Waals surface area contributed by atoms with E-state index in [1.807, 2.05) is 43.3 Å². The summed E-state index contributed by atoms with van der Waals surface area (Å²) in [6, 6.07) is 13.1. The van der Waals surface area contributed by atoms with Crippen LogP contribution in [-0.2, 0) is 4.79 Å². The maximum atomic E-state index is 11.7. The number of carbonyl (C=O) groups is 1. The minimum absolute atomic E-state index is 0.141. The summed E-state index contributed by atoms with van der Waals surface area (Å²) in [6.45, 7) is 2.40. The average molecular weight is 410 g/mol. The standard InChI is InChI=1S/C18H18BrClN2O2/c1-13-10-16(20)7-8-17(13)24-9-3-6-18(23)22-21-12-14-4-2-5-15(19)11-14/h2,4-5,7-8,10-12H,3,6,9H2,1H3,(H,22,23)/b21-12+. The second-order valence-corrected chi connectivity index (χ2v) is 6.56. The highest BCUT2D eigenvalue weighted by atomic mass is 79.9. The second kappa shape index (κ2) is 9.45. The molecular formula is C18H18BrClN2O2. The molecule has 1 amide bonds. The van der Waals surface area contributed by atoms with Gasteiger partial charge in [-0.15, -0.1) is 0 Å². The fourth-order valence-corrected chi connectivity index (χ4v) is 2.65. The Kier molecular flexibility index (Phi) is 7.28. The first-order valence-corrected chi connectivity index (χ1v) is 8.68. The Morgan fingerprint density at radius 2 is 2.17 bits per heavy atom. The molecule has 6 heteroatoms. The van der Waals surface area contributed by atoms with E-state index in [9.17, 15) is 4.79 Å². The van der Waals surface area contributed by atoms with Gasteiger partial charge in [0.15, 0.2) is 0 Å². The molecule has 0 aromatic heterocycles. The summed E-state index contributed by atoms with van der Waals surface area (Å²) in [4.78, 5) is 11.7. The van der Waals surface area contributed by atoms with Gasteiger partial charge in [0, 0.05) is 15.9 Å². The molecule has 0 radical (unpaired) electrons. The van der Waals surface area contributed by atoms with E-state index in [0.717, 1.165) is 21.3 Å². The maximum absolute atomic E-state index is 11.7. The molecule has 0 aliphatic heterocycles. The number of hydrogen-bond donors (Lipinski definition) is 1. The zero-order valence-corrected chi connectivity index (χ0v) is 15.6. The van der Waals surface area contributed by atoms with Gasteiger partial charge in [-0.3, -0.25) is 4.79 Å². The number of ether oxygens (including phenoxy) is 1. The molecule has 4 nitrogen and oxygen atoms in total. The molecule has 2 aromatic rings. The highest BCUT2D eigenvalue weighted by molar-refractivity contribution is 9.10. The predicted molar refractivity (Wildman–Crippen MR) is 101 cm³/mol. The van der Waals surface area contributed by atoms with Crippen molar-refractivity contribution in [2.45, 2.75) is 19.8 Å². The minimum Gasteiger partial charge on any atom is -0.493 e. The number of amides is 1. The monoisotopic (exact) mass is 408 g/mol. The Labute approximate surface area is 155 Å². The lowest BCUT2D eigenvalue weighted by molar-refractivity contribution is -0.121. The number of nitrogens with zero attached hydrogens (tertiary/aromatic N) is 1. The van der Waals surface area contributed by atoms with Crippen molar-refractivity contribution in [2.24, 2.45) is 5.10 Å². The molecule has 0 aliphatic rings. The van der Waals surface area contributed by atoms with E-state index in [0.29, 0.717) is 24.5 Å². The molecule has 126 valence electrons. The van der Waals surface area contributed by atoms with Crippen molar-refractivity contribution in [3.05, 3.63) is 63.1 Å². The van der Waals surface area contributed by atoms with Crippen molar-refractivity contribution in [3.8, 4) is 5.75 Å². The number of carbonyl (C=O) groups excluding carboxylic acids is 1. The largest absolute Gasteiger partial charge is 0.493 e. The lowest BCUT2D eigenvalue weighted by atomic mass is 10.2. The second-order valence-electron chi connectivity index (χ2n) is 5.21. The fourth-order valence-electron chi connectivity index (χ4n) is 2.01. The minimum atomic E-state index is -0.141. The maximum Gasteiger partial charge on any atom is 0.240 e. The first kappa shape index (κ1) is 18.5. The van der Waals surface area contributed by atoms with Crippen LogP contribution in [0.5, 0.6) is 5.75 Å². The third kappa shape index (κ3) is 6.34. The van der Waals surface area contributed by atoms with E-state index in [-0.39, 0.29) is 5.91 Å². The van der Waals surface area contributed by atoms with Gasteiger partial charge >= 0.3 is 0 Å². The smallest absolute Gasteiger partial charge is 0.240 e. The van der Waals surface area contributed by atoms with E-state index in [2.05, 4.69) is 26.5 Å². The summed E-state index contributed by atoms with van der Waals surface area (Å²) in [5.74, 6) is 0.644. The lowest BCUT2D eigenvalue weighted by Gasteiger charge is -2.08. The quantitative estimate of drug-likeness (QED) is 0.409. The SMILES string of the molecule is Cc1cc(Cl)ccc1OCCCC(=O)N/N=C/c1cccc(Br)c1. The van der Waals surface area contributed by atoms with Gasteiger partial charge in [-0.25, -0.2) is 5.43 Å². The van der Waals surface area contributed by atoms with Crippen LogP contribution in [0.2, 0.25) is 5.02 Å². The first-order valence-electron chi connectivity index (χ1n) is 7.51. The number of benzene rings is 2. The van der Waals surface area contributed by atoms with Crippen molar-refractivity contribution in [3.63, 3.8) is 0 Å². The topological polar surface area (TPSA) is 50.7 Å². The molecule has 1 N–H and O–H groups in total. The zero-order valence-electron chi connectivity index (χ0n) is 13.3. The van der Waals surface area contributed by atoms with Crippen LogP contribution in [-0.4, -0.2) is 18.7 Å². The summed E-state index contributed by atoms with van der Waals surface area (Å²) >= 11 is 9.28. The van der Waals surface area contributed by atoms with Gasteiger partial charge in [0.2, 0.25) is 5.91 Å². The fraction of sp³-hybridized carbons (Fsp3) is 0.222. The van der Waals surface area contributed by atoms with Crippen molar-refractivity contribution in [2.75, 3.05) is 6.61 Å².